The van der Waals surface area contributed by atoms with Gasteiger partial charge in [-0.3, -0.25) is 9.59 Å². The maximum atomic E-state index is 13.8. The summed E-state index contributed by atoms with van der Waals surface area (Å²) >= 11 is 8.05. The van der Waals surface area contributed by atoms with Gasteiger partial charge in [-0.25, -0.2) is 0 Å². The van der Waals surface area contributed by atoms with E-state index in [0.29, 0.717) is 17.2 Å². The third-order valence-electron chi connectivity index (χ3n) is 6.92. The molecule has 0 radical (unpaired) electrons. The standard InChI is InChI=1S/C31H35ClN2O3S/c1-37-27-17-15-24(16-18-27)21-38-22-30(35)34(20-25-11-5-8-14-28(25)32)29(19-23-9-3-2-4-10-23)31(36)33-26-12-6-7-13-26/h2-5,8-11,14-18,26,29H,6-7,12-13,19-22H2,1H3,(H,33,36). The summed E-state index contributed by atoms with van der Waals surface area (Å²) in [6.07, 6.45) is 4.66. The molecule has 4 rings (SSSR count). The summed E-state index contributed by atoms with van der Waals surface area (Å²) in [7, 11) is 1.64. The van der Waals surface area contributed by atoms with E-state index in [2.05, 4.69) is 5.32 Å². The number of rotatable bonds is 12. The number of carbonyl (C=O) groups excluding carboxylic acids is 2. The minimum absolute atomic E-state index is 0.0778. The molecule has 1 N–H and O–H groups in total. The molecule has 0 aliphatic heterocycles. The Hall–Kier alpha value is -2.96. The second-order valence-corrected chi connectivity index (χ2v) is 11.0. The number of methoxy groups -OCH3 is 1. The summed E-state index contributed by atoms with van der Waals surface area (Å²) in [5.74, 6) is 1.58. The zero-order valence-corrected chi connectivity index (χ0v) is 23.3. The number of carbonyl (C=O) groups is 2. The molecule has 0 spiro atoms. The van der Waals surface area contributed by atoms with Crippen LogP contribution in [0.3, 0.4) is 0 Å². The van der Waals surface area contributed by atoms with Gasteiger partial charge in [-0.2, -0.15) is 0 Å². The average Bonchev–Trinajstić information content (AvgIpc) is 3.45. The van der Waals surface area contributed by atoms with Crippen LogP contribution in [0.1, 0.15) is 42.4 Å². The molecule has 2 amide bonds. The second kappa shape index (κ2) is 14.3. The fourth-order valence-electron chi connectivity index (χ4n) is 4.79. The van der Waals surface area contributed by atoms with Crippen LogP contribution in [0.2, 0.25) is 5.02 Å². The van der Waals surface area contributed by atoms with E-state index in [1.807, 2.05) is 78.9 Å². The summed E-state index contributed by atoms with van der Waals surface area (Å²) < 4.78 is 5.24. The van der Waals surface area contributed by atoms with E-state index in [9.17, 15) is 9.59 Å². The van der Waals surface area contributed by atoms with Crippen molar-refractivity contribution in [3.8, 4) is 5.75 Å². The van der Waals surface area contributed by atoms with Gasteiger partial charge in [-0.05, 0) is 47.7 Å². The van der Waals surface area contributed by atoms with E-state index >= 15 is 0 Å². The van der Waals surface area contributed by atoms with Crippen LogP contribution in [0.25, 0.3) is 0 Å². The van der Waals surface area contributed by atoms with Crippen molar-refractivity contribution in [3.63, 3.8) is 0 Å². The van der Waals surface area contributed by atoms with Crippen molar-refractivity contribution >= 4 is 35.2 Å². The molecule has 5 nitrogen and oxygen atoms in total. The van der Waals surface area contributed by atoms with Gasteiger partial charge < -0.3 is 15.0 Å². The Morgan fingerprint density at radius 2 is 1.66 bits per heavy atom. The number of hydrogen-bond acceptors (Lipinski definition) is 4. The quantitative estimate of drug-likeness (QED) is 0.288. The van der Waals surface area contributed by atoms with Crippen molar-refractivity contribution in [1.82, 2.24) is 10.2 Å². The van der Waals surface area contributed by atoms with Gasteiger partial charge in [0.1, 0.15) is 11.8 Å². The van der Waals surface area contributed by atoms with Crippen molar-refractivity contribution in [2.45, 2.75) is 56.5 Å². The lowest BCUT2D eigenvalue weighted by Crippen LogP contribution is -2.52. The minimum atomic E-state index is -0.636. The number of benzene rings is 3. The summed E-state index contributed by atoms with van der Waals surface area (Å²) in [4.78, 5) is 29.2. The summed E-state index contributed by atoms with van der Waals surface area (Å²) in [5, 5.41) is 3.83. The largest absolute Gasteiger partial charge is 0.497 e. The Bertz CT molecular complexity index is 1180. The van der Waals surface area contributed by atoms with Crippen molar-refractivity contribution in [2.24, 2.45) is 0 Å². The molecule has 1 saturated carbocycles. The smallest absolute Gasteiger partial charge is 0.243 e. The number of nitrogens with one attached hydrogen (secondary N) is 1. The highest BCUT2D eigenvalue weighted by Gasteiger charge is 2.32. The van der Waals surface area contributed by atoms with Crippen LogP contribution >= 0.6 is 23.4 Å². The number of amides is 2. The third kappa shape index (κ3) is 8.02. The Labute approximate surface area is 234 Å². The normalized spacial score (nSPS) is 14.2. The Morgan fingerprint density at radius 1 is 0.974 bits per heavy atom. The van der Waals surface area contributed by atoms with E-state index in [4.69, 9.17) is 16.3 Å². The molecule has 1 atom stereocenters. The van der Waals surface area contributed by atoms with E-state index in [0.717, 1.165) is 48.1 Å². The molecule has 0 heterocycles. The predicted octanol–water partition coefficient (Wildman–Crippen LogP) is 6.28. The summed E-state index contributed by atoms with van der Waals surface area (Å²) in [6, 6.07) is 24.8. The van der Waals surface area contributed by atoms with Crippen LogP contribution in [-0.2, 0) is 28.3 Å². The highest BCUT2D eigenvalue weighted by Crippen LogP contribution is 2.24. The minimum Gasteiger partial charge on any atom is -0.497 e. The van der Waals surface area contributed by atoms with Gasteiger partial charge in [0, 0.05) is 29.8 Å². The lowest BCUT2D eigenvalue weighted by atomic mass is 10.0. The predicted molar refractivity (Wildman–Crippen MR) is 155 cm³/mol. The number of halogens is 1. The van der Waals surface area contributed by atoms with Gasteiger partial charge in [0.2, 0.25) is 11.8 Å². The van der Waals surface area contributed by atoms with Crippen LogP contribution in [0.5, 0.6) is 5.75 Å². The number of ether oxygens (including phenoxy) is 1. The van der Waals surface area contributed by atoms with Gasteiger partial charge in [0.15, 0.2) is 0 Å². The molecule has 7 heteroatoms. The molecule has 1 aliphatic carbocycles. The fraction of sp³-hybridized carbons (Fsp3) is 0.355. The van der Waals surface area contributed by atoms with Gasteiger partial charge in [-0.15, -0.1) is 11.8 Å². The molecule has 0 aromatic heterocycles. The molecule has 200 valence electrons. The fourth-order valence-corrected chi connectivity index (χ4v) is 5.86. The van der Waals surface area contributed by atoms with Crippen molar-refractivity contribution in [1.29, 1.82) is 0 Å². The zero-order valence-electron chi connectivity index (χ0n) is 21.8. The van der Waals surface area contributed by atoms with Crippen LogP contribution in [-0.4, -0.2) is 41.7 Å². The molecule has 3 aromatic carbocycles. The van der Waals surface area contributed by atoms with Crippen LogP contribution < -0.4 is 10.1 Å². The molecular formula is C31H35ClN2O3S. The average molecular weight is 551 g/mol. The molecule has 1 aliphatic rings. The molecule has 0 saturated heterocycles. The second-order valence-electron chi connectivity index (χ2n) is 9.65. The first-order valence-electron chi connectivity index (χ1n) is 13.1. The molecule has 38 heavy (non-hydrogen) atoms. The van der Waals surface area contributed by atoms with Gasteiger partial charge >= 0.3 is 0 Å². The highest BCUT2D eigenvalue weighted by atomic mass is 35.5. The van der Waals surface area contributed by atoms with Crippen LogP contribution in [0, 0.1) is 0 Å². The monoisotopic (exact) mass is 550 g/mol. The zero-order chi connectivity index (χ0) is 26.7. The SMILES string of the molecule is COc1ccc(CSCC(=O)N(Cc2ccccc2Cl)C(Cc2ccccc2)C(=O)NC2CCCC2)cc1. The number of hydrogen-bond donors (Lipinski definition) is 1. The number of thioether (sulfide) groups is 1. The topological polar surface area (TPSA) is 58.6 Å². The summed E-state index contributed by atoms with van der Waals surface area (Å²) in [6.45, 7) is 0.275. The van der Waals surface area contributed by atoms with Crippen molar-refractivity contribution in [3.05, 3.63) is 101 Å². The van der Waals surface area contributed by atoms with E-state index < -0.39 is 6.04 Å². The molecule has 1 fully saturated rings. The van der Waals surface area contributed by atoms with Crippen LogP contribution in [0.4, 0.5) is 0 Å². The first kappa shape index (κ1) is 28.1. The first-order chi connectivity index (χ1) is 18.5. The van der Waals surface area contributed by atoms with Gasteiger partial charge in [0.05, 0.1) is 12.9 Å². The maximum absolute atomic E-state index is 13.8. The molecule has 3 aromatic rings. The van der Waals surface area contributed by atoms with Crippen LogP contribution in [0.15, 0.2) is 78.9 Å². The highest BCUT2D eigenvalue weighted by molar-refractivity contribution is 7.99. The van der Waals surface area contributed by atoms with Gasteiger partial charge in [0.25, 0.3) is 0 Å². The summed E-state index contributed by atoms with van der Waals surface area (Å²) in [5.41, 5.74) is 2.96. The van der Waals surface area contributed by atoms with Crippen molar-refractivity contribution in [2.75, 3.05) is 12.9 Å². The Kier molecular flexibility index (Phi) is 10.5. The van der Waals surface area contributed by atoms with E-state index in [-0.39, 0.29) is 30.2 Å². The lowest BCUT2D eigenvalue weighted by molar-refractivity contribution is -0.139. The van der Waals surface area contributed by atoms with E-state index in [1.54, 1.807) is 23.8 Å². The van der Waals surface area contributed by atoms with Crippen molar-refractivity contribution < 1.29 is 14.3 Å². The Morgan fingerprint density at radius 3 is 2.34 bits per heavy atom. The first-order valence-corrected chi connectivity index (χ1v) is 14.6. The molecular weight excluding hydrogens is 516 g/mol. The lowest BCUT2D eigenvalue weighted by Gasteiger charge is -2.32. The Balaban J connectivity index is 1.55. The third-order valence-corrected chi connectivity index (χ3v) is 8.28. The van der Waals surface area contributed by atoms with Gasteiger partial charge in [-0.1, -0.05) is 85.1 Å². The maximum Gasteiger partial charge on any atom is 0.243 e. The van der Waals surface area contributed by atoms with E-state index in [1.165, 1.54) is 0 Å². The molecule has 0 bridgehead atoms. The molecule has 1 unspecified atom stereocenters. The number of nitrogens with zero attached hydrogens (tertiary/aromatic N) is 1.